The summed E-state index contributed by atoms with van der Waals surface area (Å²) in [6.07, 6.45) is 1.96. The van der Waals surface area contributed by atoms with Gasteiger partial charge in [0.2, 0.25) is 0 Å². The molecule has 2 atom stereocenters. The summed E-state index contributed by atoms with van der Waals surface area (Å²) in [6, 6.07) is 4.39. The standard InChI is InChI=1S/C17H27N3O3S/c21-17(18-5-3-15-2-1-11-24-15)19-12-16(14-4-8-23-13-14)20-6-9-22-10-7-20/h1-2,11,14,16H,3-10,12-13H2,(H2,18,19,21). The number of morpholine rings is 1. The minimum atomic E-state index is -0.0799. The Bertz CT molecular complexity index is 485. The summed E-state index contributed by atoms with van der Waals surface area (Å²) in [7, 11) is 0. The van der Waals surface area contributed by atoms with Crippen LogP contribution < -0.4 is 10.6 Å². The molecule has 0 saturated carbocycles. The van der Waals surface area contributed by atoms with Crippen molar-refractivity contribution in [1.29, 1.82) is 0 Å². The average molecular weight is 353 g/mol. The molecular weight excluding hydrogens is 326 g/mol. The van der Waals surface area contributed by atoms with Gasteiger partial charge in [0.15, 0.2) is 0 Å². The van der Waals surface area contributed by atoms with Gasteiger partial charge in [0.05, 0.1) is 19.8 Å². The molecule has 2 aliphatic heterocycles. The van der Waals surface area contributed by atoms with Gasteiger partial charge in [0, 0.05) is 49.6 Å². The zero-order valence-corrected chi connectivity index (χ0v) is 14.9. The first-order valence-corrected chi connectivity index (χ1v) is 9.64. The normalized spacial score (nSPS) is 23.1. The molecule has 1 aromatic rings. The topological polar surface area (TPSA) is 62.8 Å². The van der Waals surface area contributed by atoms with Gasteiger partial charge in [-0.3, -0.25) is 4.90 Å². The van der Waals surface area contributed by atoms with Crippen molar-refractivity contribution in [2.24, 2.45) is 5.92 Å². The van der Waals surface area contributed by atoms with Gasteiger partial charge in [0.1, 0.15) is 0 Å². The Hall–Kier alpha value is -1.15. The van der Waals surface area contributed by atoms with E-state index >= 15 is 0 Å². The maximum atomic E-state index is 12.1. The fourth-order valence-electron chi connectivity index (χ4n) is 3.37. The Morgan fingerprint density at radius 1 is 1.29 bits per heavy atom. The minimum absolute atomic E-state index is 0.0799. The zero-order valence-electron chi connectivity index (χ0n) is 14.0. The quantitative estimate of drug-likeness (QED) is 0.776. The number of thiophene rings is 1. The molecule has 3 rings (SSSR count). The summed E-state index contributed by atoms with van der Waals surface area (Å²) in [4.78, 5) is 15.8. The smallest absolute Gasteiger partial charge is 0.314 e. The Balaban J connectivity index is 1.42. The molecule has 2 unspecified atom stereocenters. The van der Waals surface area contributed by atoms with Crippen molar-refractivity contribution in [3.8, 4) is 0 Å². The summed E-state index contributed by atoms with van der Waals surface area (Å²) in [5, 5.41) is 8.07. The van der Waals surface area contributed by atoms with E-state index < -0.39 is 0 Å². The van der Waals surface area contributed by atoms with Gasteiger partial charge in [-0.15, -0.1) is 11.3 Å². The van der Waals surface area contributed by atoms with Gasteiger partial charge in [-0.05, 0) is 24.3 Å². The predicted molar refractivity (Wildman–Crippen MR) is 94.5 cm³/mol. The number of carbonyl (C=O) groups excluding carboxylic acids is 1. The number of carbonyl (C=O) groups is 1. The van der Waals surface area contributed by atoms with Crippen LogP contribution in [0.25, 0.3) is 0 Å². The maximum absolute atomic E-state index is 12.1. The van der Waals surface area contributed by atoms with Crippen LogP contribution in [0.1, 0.15) is 11.3 Å². The maximum Gasteiger partial charge on any atom is 0.314 e. The highest BCUT2D eigenvalue weighted by atomic mass is 32.1. The molecule has 24 heavy (non-hydrogen) atoms. The molecule has 3 heterocycles. The van der Waals surface area contributed by atoms with Gasteiger partial charge in [-0.25, -0.2) is 4.79 Å². The van der Waals surface area contributed by atoms with Gasteiger partial charge in [0.25, 0.3) is 0 Å². The highest BCUT2D eigenvalue weighted by Gasteiger charge is 2.31. The van der Waals surface area contributed by atoms with E-state index in [-0.39, 0.29) is 6.03 Å². The number of urea groups is 1. The molecule has 134 valence electrons. The SMILES string of the molecule is O=C(NCCc1cccs1)NCC(C1CCOC1)N1CCOCC1. The van der Waals surface area contributed by atoms with Crippen molar-refractivity contribution in [2.75, 3.05) is 52.6 Å². The molecule has 0 spiro atoms. The zero-order chi connectivity index (χ0) is 16.6. The first-order valence-electron chi connectivity index (χ1n) is 8.76. The van der Waals surface area contributed by atoms with Crippen molar-refractivity contribution >= 4 is 17.4 Å². The lowest BCUT2D eigenvalue weighted by Crippen LogP contribution is -2.53. The van der Waals surface area contributed by atoms with E-state index in [4.69, 9.17) is 9.47 Å². The minimum Gasteiger partial charge on any atom is -0.381 e. The second-order valence-electron chi connectivity index (χ2n) is 6.31. The van der Waals surface area contributed by atoms with Crippen LogP contribution in [0.4, 0.5) is 4.79 Å². The van der Waals surface area contributed by atoms with Crippen LogP contribution in [-0.4, -0.2) is 69.6 Å². The first-order chi connectivity index (χ1) is 11.8. The fourth-order valence-corrected chi connectivity index (χ4v) is 4.08. The summed E-state index contributed by atoms with van der Waals surface area (Å²) < 4.78 is 11.0. The molecule has 2 amide bonds. The second kappa shape index (κ2) is 9.36. The molecule has 2 aliphatic rings. The van der Waals surface area contributed by atoms with Gasteiger partial charge < -0.3 is 20.1 Å². The molecular formula is C17H27N3O3S. The van der Waals surface area contributed by atoms with Crippen LogP contribution in [0, 0.1) is 5.92 Å². The first kappa shape index (κ1) is 17.7. The summed E-state index contributed by atoms with van der Waals surface area (Å²) in [5.74, 6) is 0.495. The number of ether oxygens (including phenoxy) is 2. The van der Waals surface area contributed by atoms with Crippen molar-refractivity contribution in [1.82, 2.24) is 15.5 Å². The molecule has 2 N–H and O–H groups in total. The molecule has 0 bridgehead atoms. The second-order valence-corrected chi connectivity index (χ2v) is 7.34. The largest absolute Gasteiger partial charge is 0.381 e. The monoisotopic (exact) mass is 353 g/mol. The summed E-state index contributed by atoms with van der Waals surface area (Å²) in [6.45, 7) is 6.38. The Morgan fingerprint density at radius 3 is 2.88 bits per heavy atom. The van der Waals surface area contributed by atoms with Gasteiger partial charge in [-0.1, -0.05) is 6.07 Å². The van der Waals surface area contributed by atoms with Crippen LogP contribution in [0.2, 0.25) is 0 Å². The number of nitrogens with zero attached hydrogens (tertiary/aromatic N) is 1. The number of amides is 2. The molecule has 1 aromatic heterocycles. The third kappa shape index (κ3) is 5.17. The third-order valence-corrected chi connectivity index (χ3v) is 5.67. The number of nitrogens with one attached hydrogen (secondary N) is 2. The van der Waals surface area contributed by atoms with E-state index in [0.29, 0.717) is 25.0 Å². The summed E-state index contributed by atoms with van der Waals surface area (Å²) in [5.41, 5.74) is 0. The highest BCUT2D eigenvalue weighted by Crippen LogP contribution is 2.21. The molecule has 0 aromatic carbocycles. The van der Waals surface area contributed by atoms with E-state index in [9.17, 15) is 4.79 Å². The molecule has 6 nitrogen and oxygen atoms in total. The van der Waals surface area contributed by atoms with Crippen molar-refractivity contribution in [3.63, 3.8) is 0 Å². The number of hydrogen-bond donors (Lipinski definition) is 2. The van der Waals surface area contributed by atoms with Crippen LogP contribution in [0.5, 0.6) is 0 Å². The van der Waals surface area contributed by atoms with E-state index in [0.717, 1.165) is 52.4 Å². The van der Waals surface area contributed by atoms with Crippen LogP contribution >= 0.6 is 11.3 Å². The van der Waals surface area contributed by atoms with E-state index in [1.807, 2.05) is 6.07 Å². The van der Waals surface area contributed by atoms with Crippen LogP contribution in [0.3, 0.4) is 0 Å². The number of rotatable bonds is 7. The molecule has 2 fully saturated rings. The van der Waals surface area contributed by atoms with Gasteiger partial charge in [-0.2, -0.15) is 0 Å². The molecule has 2 saturated heterocycles. The molecule has 0 radical (unpaired) electrons. The van der Waals surface area contributed by atoms with E-state index in [1.165, 1.54) is 4.88 Å². The van der Waals surface area contributed by atoms with E-state index in [2.05, 4.69) is 27.0 Å². The van der Waals surface area contributed by atoms with Crippen molar-refractivity contribution < 1.29 is 14.3 Å². The lowest BCUT2D eigenvalue weighted by molar-refractivity contribution is 0.00213. The van der Waals surface area contributed by atoms with Gasteiger partial charge >= 0.3 is 6.03 Å². The lowest BCUT2D eigenvalue weighted by Gasteiger charge is -2.37. The molecule has 7 heteroatoms. The Kier molecular flexibility index (Phi) is 6.89. The van der Waals surface area contributed by atoms with Crippen molar-refractivity contribution in [3.05, 3.63) is 22.4 Å². The van der Waals surface area contributed by atoms with Crippen molar-refractivity contribution in [2.45, 2.75) is 18.9 Å². The lowest BCUT2D eigenvalue weighted by atomic mass is 9.97. The Morgan fingerprint density at radius 2 is 2.17 bits per heavy atom. The van der Waals surface area contributed by atoms with E-state index in [1.54, 1.807) is 11.3 Å². The third-order valence-electron chi connectivity index (χ3n) is 4.73. The van der Waals surface area contributed by atoms with Crippen LogP contribution in [0.15, 0.2) is 17.5 Å². The summed E-state index contributed by atoms with van der Waals surface area (Å²) >= 11 is 1.72. The van der Waals surface area contributed by atoms with Crippen LogP contribution in [-0.2, 0) is 15.9 Å². The number of hydrogen-bond acceptors (Lipinski definition) is 5. The predicted octanol–water partition coefficient (Wildman–Crippen LogP) is 1.33. The Labute approximate surface area is 147 Å². The average Bonchev–Trinajstić information content (AvgIpc) is 3.30. The highest BCUT2D eigenvalue weighted by molar-refractivity contribution is 7.09. The fraction of sp³-hybridized carbons (Fsp3) is 0.706. The molecule has 0 aliphatic carbocycles.